The minimum Gasteiger partial charge on any atom is -0.452 e. The molecule has 0 bridgehead atoms. The van der Waals surface area contributed by atoms with Crippen LogP contribution in [0.3, 0.4) is 0 Å². The maximum atomic E-state index is 11.3. The maximum Gasteiger partial charge on any atom is 0.203 e. The van der Waals surface area contributed by atoms with Gasteiger partial charge in [0.1, 0.15) is 0 Å². The third-order valence-electron chi connectivity index (χ3n) is 1.45. The lowest BCUT2D eigenvalue weighted by Crippen LogP contribution is -1.98. The van der Waals surface area contributed by atoms with Crippen LogP contribution in [0.4, 0.5) is 0 Å². The van der Waals surface area contributed by atoms with E-state index in [-0.39, 0.29) is 11.0 Å². The summed E-state index contributed by atoms with van der Waals surface area (Å²) in [5, 5.41) is 0.195. The van der Waals surface area contributed by atoms with Crippen molar-refractivity contribution in [2.45, 2.75) is 6.42 Å². The Morgan fingerprint density at radius 2 is 2.50 bits per heavy atom. The molecule has 0 saturated heterocycles. The van der Waals surface area contributed by atoms with Crippen LogP contribution in [-0.4, -0.2) is 17.8 Å². The average molecular weight is 205 g/mol. The first-order valence-electron chi connectivity index (χ1n) is 3.51. The summed E-state index contributed by atoms with van der Waals surface area (Å²) in [6.07, 6.45) is 3.90. The summed E-state index contributed by atoms with van der Waals surface area (Å²) < 4.78 is 4.80. The standard InChI is InChI=1S/C8H9ClO2S/c1-12-5-3-7(10)6-2-4-11-8(6)9/h2,4H,3,5H2,1H3. The van der Waals surface area contributed by atoms with Crippen molar-refractivity contribution in [2.24, 2.45) is 0 Å². The molecular formula is C8H9ClO2S. The van der Waals surface area contributed by atoms with Gasteiger partial charge in [0.2, 0.25) is 5.22 Å². The summed E-state index contributed by atoms with van der Waals surface area (Å²) in [6.45, 7) is 0. The normalized spacial score (nSPS) is 10.2. The molecule has 1 rings (SSSR count). The van der Waals surface area contributed by atoms with Gasteiger partial charge in [0.05, 0.1) is 11.8 Å². The van der Waals surface area contributed by atoms with Crippen molar-refractivity contribution in [2.75, 3.05) is 12.0 Å². The quantitative estimate of drug-likeness (QED) is 0.707. The first-order chi connectivity index (χ1) is 5.75. The summed E-state index contributed by atoms with van der Waals surface area (Å²) in [5.41, 5.74) is 0.491. The van der Waals surface area contributed by atoms with Gasteiger partial charge in [-0.2, -0.15) is 11.8 Å². The van der Waals surface area contributed by atoms with Crippen LogP contribution in [0, 0.1) is 0 Å². The van der Waals surface area contributed by atoms with Crippen LogP contribution < -0.4 is 0 Å². The summed E-state index contributed by atoms with van der Waals surface area (Å²) in [6, 6.07) is 1.60. The van der Waals surface area contributed by atoms with Gasteiger partial charge in [0, 0.05) is 12.2 Å². The number of Topliss-reactive ketones (excluding diaryl/α,β-unsaturated/α-hetero) is 1. The van der Waals surface area contributed by atoms with E-state index in [0.717, 1.165) is 5.75 Å². The monoisotopic (exact) mass is 204 g/mol. The first kappa shape index (κ1) is 9.68. The Morgan fingerprint density at radius 1 is 1.75 bits per heavy atom. The molecule has 0 spiro atoms. The minimum atomic E-state index is 0.0445. The van der Waals surface area contributed by atoms with Crippen molar-refractivity contribution in [1.29, 1.82) is 0 Å². The van der Waals surface area contributed by atoms with E-state index >= 15 is 0 Å². The molecule has 0 atom stereocenters. The summed E-state index contributed by atoms with van der Waals surface area (Å²) in [5.74, 6) is 0.864. The fourth-order valence-electron chi connectivity index (χ4n) is 0.823. The lowest BCUT2D eigenvalue weighted by molar-refractivity contribution is 0.0989. The molecule has 1 aromatic heterocycles. The van der Waals surface area contributed by atoms with Crippen molar-refractivity contribution < 1.29 is 9.21 Å². The highest BCUT2D eigenvalue weighted by Crippen LogP contribution is 2.18. The van der Waals surface area contributed by atoms with E-state index in [4.69, 9.17) is 16.0 Å². The van der Waals surface area contributed by atoms with Gasteiger partial charge in [-0.3, -0.25) is 4.79 Å². The molecule has 0 radical (unpaired) electrons. The molecule has 0 aliphatic rings. The van der Waals surface area contributed by atoms with E-state index in [0.29, 0.717) is 12.0 Å². The van der Waals surface area contributed by atoms with Crippen molar-refractivity contribution in [3.63, 3.8) is 0 Å². The van der Waals surface area contributed by atoms with Gasteiger partial charge < -0.3 is 4.42 Å². The molecule has 1 aromatic rings. The number of rotatable bonds is 4. The van der Waals surface area contributed by atoms with Gasteiger partial charge in [0.25, 0.3) is 0 Å². The second kappa shape index (κ2) is 4.58. The largest absolute Gasteiger partial charge is 0.452 e. The van der Waals surface area contributed by atoms with Crippen LogP contribution in [0.25, 0.3) is 0 Å². The molecule has 66 valence electrons. The van der Waals surface area contributed by atoms with E-state index in [1.165, 1.54) is 6.26 Å². The van der Waals surface area contributed by atoms with E-state index in [1.807, 2.05) is 6.26 Å². The van der Waals surface area contributed by atoms with Crippen molar-refractivity contribution in [1.82, 2.24) is 0 Å². The molecule has 0 saturated carbocycles. The number of thioether (sulfide) groups is 1. The Hall–Kier alpha value is -0.410. The van der Waals surface area contributed by atoms with Crippen LogP contribution in [0.2, 0.25) is 5.22 Å². The smallest absolute Gasteiger partial charge is 0.203 e. The second-order valence-corrected chi connectivity index (χ2v) is 3.60. The highest BCUT2D eigenvalue weighted by Gasteiger charge is 2.11. The molecule has 4 heteroatoms. The van der Waals surface area contributed by atoms with E-state index in [2.05, 4.69) is 0 Å². The number of furan rings is 1. The lowest BCUT2D eigenvalue weighted by Gasteiger charge is -1.94. The number of hydrogen-bond acceptors (Lipinski definition) is 3. The van der Waals surface area contributed by atoms with Crippen molar-refractivity contribution in [3.05, 3.63) is 23.1 Å². The Balaban J connectivity index is 2.59. The lowest BCUT2D eigenvalue weighted by atomic mass is 10.2. The Labute approximate surface area is 80.3 Å². The molecule has 0 fully saturated rings. The molecule has 12 heavy (non-hydrogen) atoms. The van der Waals surface area contributed by atoms with Gasteiger partial charge in [-0.1, -0.05) is 0 Å². The Morgan fingerprint density at radius 3 is 3.00 bits per heavy atom. The van der Waals surface area contributed by atoms with Crippen LogP contribution in [0.15, 0.2) is 16.7 Å². The second-order valence-electron chi connectivity index (χ2n) is 2.27. The zero-order valence-electron chi connectivity index (χ0n) is 6.67. The molecule has 0 aliphatic heterocycles. The molecule has 0 amide bonds. The summed E-state index contributed by atoms with van der Waals surface area (Å²) in [4.78, 5) is 11.3. The summed E-state index contributed by atoms with van der Waals surface area (Å²) in [7, 11) is 0. The molecule has 1 heterocycles. The zero-order valence-corrected chi connectivity index (χ0v) is 8.24. The number of ketones is 1. The molecule has 0 aromatic carbocycles. The highest BCUT2D eigenvalue weighted by molar-refractivity contribution is 7.98. The topological polar surface area (TPSA) is 30.2 Å². The molecular weight excluding hydrogens is 196 g/mol. The fourth-order valence-corrected chi connectivity index (χ4v) is 1.43. The Bertz CT molecular complexity index is 270. The van der Waals surface area contributed by atoms with Crippen LogP contribution in [-0.2, 0) is 0 Å². The number of halogens is 1. The van der Waals surface area contributed by atoms with Crippen molar-refractivity contribution >= 4 is 29.1 Å². The molecule has 0 unspecified atom stereocenters. The molecule has 0 aliphatic carbocycles. The Kier molecular flexibility index (Phi) is 3.69. The van der Waals surface area contributed by atoms with E-state index in [9.17, 15) is 4.79 Å². The maximum absolute atomic E-state index is 11.3. The van der Waals surface area contributed by atoms with Crippen LogP contribution >= 0.6 is 23.4 Å². The van der Waals surface area contributed by atoms with E-state index < -0.39 is 0 Å². The van der Waals surface area contributed by atoms with Gasteiger partial charge in [-0.25, -0.2) is 0 Å². The third kappa shape index (κ3) is 2.29. The zero-order chi connectivity index (χ0) is 8.97. The van der Waals surface area contributed by atoms with Gasteiger partial charge >= 0.3 is 0 Å². The predicted octanol–water partition coefficient (Wildman–Crippen LogP) is 2.87. The number of carbonyl (C=O) groups is 1. The van der Waals surface area contributed by atoms with Gasteiger partial charge in [-0.05, 0) is 23.9 Å². The van der Waals surface area contributed by atoms with Crippen LogP contribution in [0.5, 0.6) is 0 Å². The molecule has 0 N–H and O–H groups in total. The minimum absolute atomic E-state index is 0.0445. The predicted molar refractivity (Wildman–Crippen MR) is 51.0 cm³/mol. The number of carbonyl (C=O) groups excluding carboxylic acids is 1. The molecule has 2 nitrogen and oxygen atoms in total. The first-order valence-corrected chi connectivity index (χ1v) is 5.28. The van der Waals surface area contributed by atoms with Gasteiger partial charge in [-0.15, -0.1) is 0 Å². The van der Waals surface area contributed by atoms with Crippen molar-refractivity contribution in [3.8, 4) is 0 Å². The highest BCUT2D eigenvalue weighted by atomic mass is 35.5. The van der Waals surface area contributed by atoms with E-state index in [1.54, 1.807) is 17.8 Å². The number of hydrogen-bond donors (Lipinski definition) is 0. The van der Waals surface area contributed by atoms with Crippen LogP contribution in [0.1, 0.15) is 16.8 Å². The SMILES string of the molecule is CSCCC(=O)c1ccoc1Cl. The fraction of sp³-hybridized carbons (Fsp3) is 0.375. The van der Waals surface area contributed by atoms with Gasteiger partial charge in [0.15, 0.2) is 5.78 Å². The third-order valence-corrected chi connectivity index (χ3v) is 2.36. The average Bonchev–Trinajstić information content (AvgIpc) is 2.47. The summed E-state index contributed by atoms with van der Waals surface area (Å²) >= 11 is 7.26.